The van der Waals surface area contributed by atoms with E-state index in [4.69, 9.17) is 16.6 Å². The van der Waals surface area contributed by atoms with Crippen molar-refractivity contribution >= 4 is 45.5 Å². The lowest BCUT2D eigenvalue weighted by Gasteiger charge is -2.34. The van der Waals surface area contributed by atoms with Crippen LogP contribution < -0.4 is 5.32 Å². The maximum Gasteiger partial charge on any atom is 0.280 e. The number of halogens is 1. The molecule has 0 fully saturated rings. The highest BCUT2D eigenvalue weighted by Crippen LogP contribution is 2.38. The van der Waals surface area contributed by atoms with E-state index in [1.54, 1.807) is 18.3 Å². The summed E-state index contributed by atoms with van der Waals surface area (Å²) >= 11 is 7.13. The van der Waals surface area contributed by atoms with E-state index in [2.05, 4.69) is 42.1 Å². The molecular weight excluding hydrogens is 432 g/mol. The van der Waals surface area contributed by atoms with Crippen LogP contribution in [-0.4, -0.2) is 27.1 Å². The van der Waals surface area contributed by atoms with E-state index < -0.39 is 6.04 Å². The molecule has 2 atom stereocenters. The molecule has 0 saturated carbocycles. The second-order valence-electron chi connectivity index (χ2n) is 9.09. The normalized spacial score (nSPS) is 17.2. The number of aldehydes is 1. The van der Waals surface area contributed by atoms with Gasteiger partial charge in [0.25, 0.3) is 5.91 Å². The molecular formula is C23H25ClN4O2S. The van der Waals surface area contributed by atoms with Gasteiger partial charge < -0.3 is 10.1 Å². The third-order valence-electron chi connectivity index (χ3n) is 5.96. The Bertz CT molecular complexity index is 1120. The summed E-state index contributed by atoms with van der Waals surface area (Å²) < 4.78 is 0. The van der Waals surface area contributed by atoms with E-state index >= 15 is 0 Å². The van der Waals surface area contributed by atoms with Crippen LogP contribution in [0.4, 0.5) is 0 Å². The Morgan fingerprint density at radius 2 is 2.16 bits per heavy atom. The van der Waals surface area contributed by atoms with Gasteiger partial charge in [0.2, 0.25) is 0 Å². The molecule has 1 aliphatic carbocycles. The maximum absolute atomic E-state index is 12.9. The number of hydrogen-bond acceptors (Lipinski definition) is 6. The Labute approximate surface area is 190 Å². The molecule has 6 nitrogen and oxygen atoms in total. The Balaban J connectivity index is 1.57. The molecule has 31 heavy (non-hydrogen) atoms. The molecule has 8 heteroatoms. The number of fused-ring (bicyclic) bond motifs is 2. The van der Waals surface area contributed by atoms with Crippen LogP contribution in [0, 0.1) is 11.3 Å². The molecule has 0 aliphatic heterocycles. The highest BCUT2D eigenvalue weighted by Gasteiger charge is 2.30. The number of aryl methyl sites for hydroxylation is 1. The number of amides is 1. The van der Waals surface area contributed by atoms with Gasteiger partial charge in [0.1, 0.15) is 21.8 Å². The van der Waals surface area contributed by atoms with E-state index in [0.29, 0.717) is 21.6 Å². The standard InChI is InChI=1S/C23H25ClN4O2S/c1-23(2,3)15-5-6-16-14(10-15)11-18-21(27-16)31-22(28-18)20(30)26-17(8-9-29)13-4-7-19(24)25-12-13/h4,7,9,11-12,15,17H,5-6,8,10H2,1-3H3,(H,26,30)/t15-,17?/m0/s1. The fourth-order valence-corrected chi connectivity index (χ4v) is 4.99. The van der Waals surface area contributed by atoms with Gasteiger partial charge in [-0.15, -0.1) is 0 Å². The van der Waals surface area contributed by atoms with Crippen LogP contribution in [-0.2, 0) is 17.6 Å². The third-order valence-corrected chi connectivity index (χ3v) is 7.14. The highest BCUT2D eigenvalue weighted by molar-refractivity contribution is 7.19. The number of thiazole rings is 1. The van der Waals surface area contributed by atoms with E-state index in [1.807, 2.05) is 0 Å². The quantitative estimate of drug-likeness (QED) is 0.433. The first-order valence-electron chi connectivity index (χ1n) is 10.4. The summed E-state index contributed by atoms with van der Waals surface area (Å²) in [6.45, 7) is 6.85. The summed E-state index contributed by atoms with van der Waals surface area (Å²) in [5, 5.41) is 3.59. The lowest BCUT2D eigenvalue weighted by Crippen LogP contribution is -2.28. The molecule has 4 rings (SSSR count). The van der Waals surface area contributed by atoms with E-state index in [9.17, 15) is 9.59 Å². The number of rotatable bonds is 5. The summed E-state index contributed by atoms with van der Waals surface area (Å²) in [6, 6.07) is 4.99. The molecule has 162 valence electrons. The Morgan fingerprint density at radius 3 is 2.84 bits per heavy atom. The fourth-order valence-electron chi connectivity index (χ4n) is 4.04. The minimum absolute atomic E-state index is 0.140. The zero-order valence-corrected chi connectivity index (χ0v) is 19.4. The molecule has 3 heterocycles. The number of nitrogens with zero attached hydrogens (tertiary/aromatic N) is 3. The number of carbonyl (C=O) groups excluding carboxylic acids is 2. The molecule has 0 radical (unpaired) electrons. The fraction of sp³-hybridized carbons (Fsp3) is 0.435. The predicted octanol–water partition coefficient (Wildman–Crippen LogP) is 4.95. The zero-order chi connectivity index (χ0) is 22.2. The number of carbonyl (C=O) groups is 2. The van der Waals surface area contributed by atoms with Crippen LogP contribution in [0.2, 0.25) is 5.15 Å². The van der Waals surface area contributed by atoms with Crippen molar-refractivity contribution in [1.29, 1.82) is 0 Å². The average molecular weight is 457 g/mol. The molecule has 0 aromatic carbocycles. The monoisotopic (exact) mass is 456 g/mol. The average Bonchev–Trinajstić information content (AvgIpc) is 3.14. The molecule has 0 saturated heterocycles. The lowest BCUT2D eigenvalue weighted by molar-refractivity contribution is -0.108. The molecule has 1 amide bonds. The molecule has 0 spiro atoms. The number of nitrogens with one attached hydrogen (secondary N) is 1. The minimum Gasteiger partial charge on any atom is -0.343 e. The molecule has 3 aromatic rings. The van der Waals surface area contributed by atoms with Crippen molar-refractivity contribution in [3.63, 3.8) is 0 Å². The van der Waals surface area contributed by atoms with Gasteiger partial charge in [-0.2, -0.15) is 0 Å². The van der Waals surface area contributed by atoms with Gasteiger partial charge in [0.05, 0.1) is 6.04 Å². The van der Waals surface area contributed by atoms with Gasteiger partial charge in [0, 0.05) is 18.3 Å². The van der Waals surface area contributed by atoms with Crippen molar-refractivity contribution < 1.29 is 9.59 Å². The van der Waals surface area contributed by atoms with Crippen molar-refractivity contribution in [2.75, 3.05) is 0 Å². The van der Waals surface area contributed by atoms with Crippen LogP contribution in [0.3, 0.4) is 0 Å². The topological polar surface area (TPSA) is 84.8 Å². The van der Waals surface area contributed by atoms with Crippen LogP contribution in [0.25, 0.3) is 10.3 Å². The molecule has 1 N–H and O–H groups in total. The van der Waals surface area contributed by atoms with Gasteiger partial charge in [0.15, 0.2) is 5.01 Å². The van der Waals surface area contributed by atoms with Crippen LogP contribution in [0.15, 0.2) is 24.4 Å². The summed E-state index contributed by atoms with van der Waals surface area (Å²) in [5.74, 6) is 0.285. The second kappa shape index (κ2) is 8.63. The second-order valence-corrected chi connectivity index (χ2v) is 10.5. The van der Waals surface area contributed by atoms with Crippen molar-refractivity contribution in [2.24, 2.45) is 11.3 Å². The van der Waals surface area contributed by atoms with E-state index in [1.165, 1.54) is 16.9 Å². The third kappa shape index (κ3) is 4.77. The number of pyridine rings is 2. The first-order chi connectivity index (χ1) is 14.7. The van der Waals surface area contributed by atoms with Gasteiger partial charge >= 0.3 is 0 Å². The molecule has 1 aliphatic rings. The van der Waals surface area contributed by atoms with Crippen LogP contribution in [0.1, 0.15) is 66.3 Å². The zero-order valence-electron chi connectivity index (χ0n) is 17.8. The molecule has 0 bridgehead atoms. The number of hydrogen-bond donors (Lipinski definition) is 1. The van der Waals surface area contributed by atoms with E-state index in [0.717, 1.165) is 41.6 Å². The van der Waals surface area contributed by atoms with Crippen molar-refractivity contribution in [2.45, 2.75) is 52.5 Å². The van der Waals surface area contributed by atoms with Gasteiger partial charge in [-0.1, -0.05) is 49.8 Å². The van der Waals surface area contributed by atoms with Crippen LogP contribution in [0.5, 0.6) is 0 Å². The largest absolute Gasteiger partial charge is 0.343 e. The van der Waals surface area contributed by atoms with Crippen molar-refractivity contribution in [1.82, 2.24) is 20.3 Å². The van der Waals surface area contributed by atoms with Gasteiger partial charge in [-0.25, -0.2) is 15.0 Å². The van der Waals surface area contributed by atoms with Crippen molar-refractivity contribution in [3.05, 3.63) is 51.4 Å². The number of aromatic nitrogens is 3. The first kappa shape index (κ1) is 21.8. The summed E-state index contributed by atoms with van der Waals surface area (Å²) in [5.41, 5.74) is 4.08. The minimum atomic E-state index is -0.490. The Morgan fingerprint density at radius 1 is 1.35 bits per heavy atom. The van der Waals surface area contributed by atoms with Crippen molar-refractivity contribution in [3.8, 4) is 0 Å². The molecule has 1 unspecified atom stereocenters. The Hall–Kier alpha value is -2.38. The SMILES string of the molecule is CC(C)(C)[C@H]1CCc2nc3sc(C(=O)NC(CC=O)c4ccc(Cl)nc4)nc3cc2C1. The highest BCUT2D eigenvalue weighted by atomic mass is 35.5. The smallest absolute Gasteiger partial charge is 0.280 e. The van der Waals surface area contributed by atoms with Gasteiger partial charge in [-0.3, -0.25) is 4.79 Å². The van der Waals surface area contributed by atoms with E-state index in [-0.39, 0.29) is 17.7 Å². The lowest BCUT2D eigenvalue weighted by atomic mass is 9.71. The Kier molecular flexibility index (Phi) is 6.08. The summed E-state index contributed by atoms with van der Waals surface area (Å²) in [4.78, 5) is 38.2. The van der Waals surface area contributed by atoms with Crippen LogP contribution >= 0.6 is 22.9 Å². The maximum atomic E-state index is 12.9. The first-order valence-corrected chi connectivity index (χ1v) is 11.6. The molecule has 3 aromatic heterocycles. The van der Waals surface area contributed by atoms with Gasteiger partial charge in [-0.05, 0) is 53.9 Å². The summed E-state index contributed by atoms with van der Waals surface area (Å²) in [7, 11) is 0. The summed E-state index contributed by atoms with van der Waals surface area (Å²) in [6.07, 6.45) is 5.56. The predicted molar refractivity (Wildman–Crippen MR) is 123 cm³/mol.